The van der Waals surface area contributed by atoms with Crippen LogP contribution in [0.2, 0.25) is 0 Å². The van der Waals surface area contributed by atoms with Crippen LogP contribution in [0.25, 0.3) is 0 Å². The van der Waals surface area contributed by atoms with Crippen LogP contribution in [0.15, 0.2) is 15.8 Å². The minimum Gasteiger partial charge on any atom is -0.462 e. The normalized spacial score (nSPS) is 17.5. The van der Waals surface area contributed by atoms with Crippen LogP contribution in [-0.4, -0.2) is 71.3 Å². The Morgan fingerprint density at radius 2 is 1.27 bits per heavy atom. The molecule has 64 heavy (non-hydrogen) atoms. The largest absolute Gasteiger partial charge is 0.475 e. The molecule has 1 aliphatic heterocycles. The fraction of sp³-hybridized carbons (Fsp3) is 0.854. The molecule has 0 saturated carbocycles. The topological polar surface area (TPSA) is 205 Å². The van der Waals surface area contributed by atoms with E-state index in [1.165, 1.54) is 129 Å². The van der Waals surface area contributed by atoms with Crippen molar-refractivity contribution in [2.24, 2.45) is 0 Å². The molecule has 1 aromatic rings. The lowest BCUT2D eigenvalue weighted by Gasteiger charge is -2.25. The van der Waals surface area contributed by atoms with Crippen LogP contribution in [0, 0.1) is 18.3 Å². The van der Waals surface area contributed by atoms with Gasteiger partial charge in [-0.25, -0.2) is 9.36 Å². The summed E-state index contributed by atoms with van der Waals surface area (Å²) in [7, 11) is -4.56. The van der Waals surface area contributed by atoms with Crippen LogP contribution >= 0.6 is 7.82 Å². The molecule has 2 heterocycles. The Balaban J connectivity index is 1.94. The van der Waals surface area contributed by atoms with Crippen molar-refractivity contribution in [1.82, 2.24) is 9.55 Å². The second-order valence-corrected chi connectivity index (χ2v) is 19.1. The van der Waals surface area contributed by atoms with Gasteiger partial charge < -0.3 is 19.3 Å². The third-order valence-corrected chi connectivity index (χ3v) is 13.2. The molecule has 2 N–H and O–H groups in total. The minimum absolute atomic E-state index is 0.0834. The highest BCUT2D eigenvalue weighted by Crippen LogP contribution is 2.53. The maximum absolute atomic E-state index is 14.1. The number of hydrogen-bond donors (Lipinski definition) is 2. The molecule has 0 bridgehead atoms. The highest BCUT2D eigenvalue weighted by atomic mass is 31.2. The van der Waals surface area contributed by atoms with Gasteiger partial charge >= 0.3 is 25.5 Å². The third kappa shape index (κ3) is 26.3. The number of H-pyrrole nitrogens is 1. The molecule has 0 spiro atoms. The van der Waals surface area contributed by atoms with Crippen LogP contribution in [0.4, 0.5) is 0 Å². The molecule has 0 amide bonds. The number of unbranched alkanes of at least 4 members (excludes halogenated alkanes) is 24. The molecule has 1 fully saturated rings. The fourth-order valence-corrected chi connectivity index (χ4v) is 9.19. The van der Waals surface area contributed by atoms with Gasteiger partial charge in [-0.1, -0.05) is 168 Å². The van der Waals surface area contributed by atoms with Crippen LogP contribution in [0.5, 0.6) is 0 Å². The summed E-state index contributed by atoms with van der Waals surface area (Å²) in [4.78, 5) is 52.6. The molecule has 2 unspecified atom stereocenters. The van der Waals surface area contributed by atoms with Gasteiger partial charge in [0.15, 0.2) is 6.10 Å². The molecule has 0 aliphatic carbocycles. The summed E-state index contributed by atoms with van der Waals surface area (Å²) in [5.41, 5.74) is -1.05. The van der Waals surface area contributed by atoms with Crippen LogP contribution in [-0.2, 0) is 41.9 Å². The van der Waals surface area contributed by atoms with Gasteiger partial charge in [0, 0.05) is 31.0 Å². The zero-order chi connectivity index (χ0) is 46.7. The van der Waals surface area contributed by atoms with E-state index < -0.39 is 68.8 Å². The molecule has 0 aromatic carbocycles. The molecule has 368 valence electrons. The van der Waals surface area contributed by atoms with Crippen molar-refractivity contribution in [1.29, 1.82) is 5.26 Å². The third-order valence-electron chi connectivity index (χ3n) is 11.7. The van der Waals surface area contributed by atoms with E-state index in [4.69, 9.17) is 33.0 Å². The van der Waals surface area contributed by atoms with Crippen molar-refractivity contribution in [3.63, 3.8) is 0 Å². The fourth-order valence-electron chi connectivity index (χ4n) is 7.78. The van der Waals surface area contributed by atoms with Crippen LogP contribution < -0.4 is 11.2 Å². The lowest BCUT2D eigenvalue weighted by atomic mass is 10.0. The van der Waals surface area contributed by atoms with Gasteiger partial charge in [-0.15, -0.1) is 0 Å². The number of ether oxygens (including phenoxy) is 3. The first-order valence-corrected chi connectivity index (χ1v) is 26.4. The minimum atomic E-state index is -4.56. The number of aliphatic hydroxyl groups is 1. The van der Waals surface area contributed by atoms with E-state index in [1.807, 2.05) is 6.07 Å². The van der Waals surface area contributed by atoms with Crippen molar-refractivity contribution in [2.45, 2.75) is 238 Å². The SMILES string of the molecule is CCCCCCCCCCCCCCCC(=O)OCC(COP(=O)(OCCC#N)O[C@H]1C[C@H](n2cc(C)c(=O)[nH]c2=O)O[C@@H]1CO)OC(=O)CCCCCCCCCCCCCCC. The number of carbonyl (C=O) groups is 2. The van der Waals surface area contributed by atoms with Crippen LogP contribution in [0.3, 0.4) is 0 Å². The second kappa shape index (κ2) is 36.3. The monoisotopic (exact) mass is 926 g/mol. The Bertz CT molecular complexity index is 1600. The zero-order valence-electron chi connectivity index (χ0n) is 39.7. The molecule has 5 atom stereocenters. The van der Waals surface area contributed by atoms with E-state index in [0.29, 0.717) is 12.8 Å². The lowest BCUT2D eigenvalue weighted by Crippen LogP contribution is -2.33. The number of hydrogen-bond acceptors (Lipinski definition) is 13. The van der Waals surface area contributed by atoms with Crippen molar-refractivity contribution < 1.29 is 47.0 Å². The molecule has 16 heteroatoms. The number of phosphoric ester groups is 1. The summed E-state index contributed by atoms with van der Waals surface area (Å²) in [6, 6.07) is 1.90. The Morgan fingerprint density at radius 1 is 0.781 bits per heavy atom. The molecule has 2 rings (SSSR count). The quantitative estimate of drug-likeness (QED) is 0.0357. The van der Waals surface area contributed by atoms with E-state index in [1.54, 1.807) is 0 Å². The number of aliphatic hydroxyl groups excluding tert-OH is 1. The number of nitrogens with zero attached hydrogens (tertiary/aromatic N) is 2. The number of aromatic nitrogens is 2. The van der Waals surface area contributed by atoms with E-state index in [2.05, 4.69) is 18.8 Å². The average Bonchev–Trinajstić information content (AvgIpc) is 3.68. The maximum atomic E-state index is 14.1. The van der Waals surface area contributed by atoms with Crippen molar-refractivity contribution in [3.05, 3.63) is 32.6 Å². The standard InChI is InChI=1S/C48H84N3O12P/c1-4-6-8-10-12-14-16-18-20-22-24-26-28-31-45(53)58-38-41(61-46(54)32-29-27-25-23-21-19-17-15-13-11-9-7-5-2)39-60-64(57,59-34-30-33-49)63-42-35-44(62-43(42)37-52)51-36-40(3)47(55)50-48(51)56/h36,41-44,52H,4-32,34-35,37-39H2,1-3H3,(H,50,55,56)/t41?,42-,43+,44+,64?/m0/s1. The lowest BCUT2D eigenvalue weighted by molar-refractivity contribution is -0.161. The first-order valence-electron chi connectivity index (χ1n) is 24.9. The first kappa shape index (κ1) is 57.3. The maximum Gasteiger partial charge on any atom is 0.475 e. The average molecular weight is 926 g/mol. The van der Waals surface area contributed by atoms with Gasteiger partial charge in [-0.05, 0) is 19.8 Å². The molecule has 0 radical (unpaired) electrons. The number of esters is 2. The Morgan fingerprint density at radius 3 is 1.75 bits per heavy atom. The van der Waals surface area contributed by atoms with Gasteiger partial charge in [0.1, 0.15) is 25.0 Å². The molecule has 1 saturated heterocycles. The number of aryl methyl sites for hydroxylation is 1. The smallest absolute Gasteiger partial charge is 0.462 e. The Kier molecular flexibility index (Phi) is 32.5. The second-order valence-electron chi connectivity index (χ2n) is 17.4. The van der Waals surface area contributed by atoms with Crippen LogP contribution in [0.1, 0.15) is 218 Å². The summed E-state index contributed by atoms with van der Waals surface area (Å²) in [6.07, 6.45) is 27.7. The van der Waals surface area contributed by atoms with E-state index in [9.17, 15) is 28.8 Å². The predicted molar refractivity (Wildman–Crippen MR) is 248 cm³/mol. The van der Waals surface area contributed by atoms with Crippen molar-refractivity contribution in [2.75, 3.05) is 26.4 Å². The zero-order valence-corrected chi connectivity index (χ0v) is 40.6. The Hall–Kier alpha value is -2.86. The first-order chi connectivity index (χ1) is 31.0. The molecular formula is C48H84N3O12P. The summed E-state index contributed by atoms with van der Waals surface area (Å²) in [5, 5.41) is 19.3. The van der Waals surface area contributed by atoms with Crippen molar-refractivity contribution in [3.8, 4) is 6.07 Å². The van der Waals surface area contributed by atoms with E-state index in [-0.39, 0.29) is 44.5 Å². The van der Waals surface area contributed by atoms with E-state index >= 15 is 0 Å². The van der Waals surface area contributed by atoms with Crippen molar-refractivity contribution >= 4 is 19.8 Å². The summed E-state index contributed by atoms with van der Waals surface area (Å²) in [6.45, 7) is 4.21. The van der Waals surface area contributed by atoms with Gasteiger partial charge in [-0.2, -0.15) is 5.26 Å². The summed E-state index contributed by atoms with van der Waals surface area (Å²) < 4.78 is 49.4. The summed E-state index contributed by atoms with van der Waals surface area (Å²) in [5.74, 6) is -0.961. The molecule has 1 aromatic heterocycles. The van der Waals surface area contributed by atoms with Gasteiger partial charge in [0.25, 0.3) is 5.56 Å². The Labute approximate surface area is 383 Å². The van der Waals surface area contributed by atoms with Gasteiger partial charge in [0.05, 0.1) is 32.3 Å². The number of nitrogens with one attached hydrogen (secondary N) is 1. The molecule has 15 nitrogen and oxygen atoms in total. The van der Waals surface area contributed by atoms with Gasteiger partial charge in [0.2, 0.25) is 0 Å². The number of phosphoric acid groups is 1. The van der Waals surface area contributed by atoms with E-state index in [0.717, 1.165) is 43.1 Å². The molecular weight excluding hydrogens is 842 g/mol. The predicted octanol–water partition coefficient (Wildman–Crippen LogP) is 11.0. The highest BCUT2D eigenvalue weighted by Gasteiger charge is 2.43. The summed E-state index contributed by atoms with van der Waals surface area (Å²) >= 11 is 0. The number of aromatic amines is 1. The highest BCUT2D eigenvalue weighted by molar-refractivity contribution is 7.48. The number of rotatable bonds is 41. The molecule has 1 aliphatic rings. The van der Waals surface area contributed by atoms with Gasteiger partial charge in [-0.3, -0.25) is 37.5 Å². The number of nitriles is 1. The number of carbonyl (C=O) groups excluding carboxylic acids is 2.